The van der Waals surface area contributed by atoms with Gasteiger partial charge in [-0.2, -0.15) is 0 Å². The van der Waals surface area contributed by atoms with Gasteiger partial charge in [-0.1, -0.05) is 17.7 Å². The Morgan fingerprint density at radius 3 is 2.53 bits per heavy atom. The van der Waals surface area contributed by atoms with Crippen LogP contribution in [-0.4, -0.2) is 45.1 Å². The van der Waals surface area contributed by atoms with E-state index in [0.29, 0.717) is 12.1 Å². The van der Waals surface area contributed by atoms with Crippen LogP contribution in [0.4, 0.5) is 0 Å². The lowest BCUT2D eigenvalue weighted by molar-refractivity contribution is 0.282. The van der Waals surface area contributed by atoms with Gasteiger partial charge >= 0.3 is 0 Å². The van der Waals surface area contributed by atoms with Crippen molar-refractivity contribution >= 4 is 21.6 Å². The Hall–Kier alpha value is -0.660. The number of rotatable bonds is 6. The molecule has 0 spiro atoms. The summed E-state index contributed by atoms with van der Waals surface area (Å²) in [6, 6.07) is 4.37. The first kappa shape index (κ1) is 16.4. The lowest BCUT2D eigenvalue weighted by Crippen LogP contribution is -2.38. The number of halogens is 1. The molecule has 7 heteroatoms. The van der Waals surface area contributed by atoms with Gasteiger partial charge in [-0.25, -0.2) is 13.1 Å². The first-order chi connectivity index (χ1) is 8.77. The SMILES string of the molecule is CC(CNS(=O)(=O)c1ccc(CO)c(Cl)c1)N(C)C. The van der Waals surface area contributed by atoms with Gasteiger partial charge < -0.3 is 10.0 Å². The van der Waals surface area contributed by atoms with Crippen LogP contribution in [0.5, 0.6) is 0 Å². The molecule has 1 rings (SSSR count). The fourth-order valence-electron chi connectivity index (χ4n) is 1.32. The van der Waals surface area contributed by atoms with Crippen LogP contribution in [0.1, 0.15) is 12.5 Å². The van der Waals surface area contributed by atoms with E-state index in [1.807, 2.05) is 25.9 Å². The van der Waals surface area contributed by atoms with Gasteiger partial charge in [0.05, 0.1) is 11.5 Å². The zero-order valence-electron chi connectivity index (χ0n) is 11.2. The van der Waals surface area contributed by atoms with E-state index in [2.05, 4.69) is 4.72 Å². The molecule has 0 aliphatic rings. The minimum Gasteiger partial charge on any atom is -0.392 e. The molecule has 19 heavy (non-hydrogen) atoms. The van der Waals surface area contributed by atoms with Crippen LogP contribution in [-0.2, 0) is 16.6 Å². The van der Waals surface area contributed by atoms with Gasteiger partial charge in [-0.15, -0.1) is 0 Å². The van der Waals surface area contributed by atoms with E-state index in [-0.39, 0.29) is 22.6 Å². The lowest BCUT2D eigenvalue weighted by Gasteiger charge is -2.20. The molecular formula is C12H19ClN2O3S. The number of nitrogens with one attached hydrogen (secondary N) is 1. The molecule has 0 aliphatic carbocycles. The van der Waals surface area contributed by atoms with Crippen molar-refractivity contribution in [2.45, 2.75) is 24.5 Å². The number of benzene rings is 1. The van der Waals surface area contributed by atoms with Crippen molar-refractivity contribution in [1.82, 2.24) is 9.62 Å². The second kappa shape index (κ2) is 6.67. The summed E-state index contributed by atoms with van der Waals surface area (Å²) in [5, 5.41) is 9.24. The Morgan fingerprint density at radius 1 is 1.42 bits per heavy atom. The number of hydrogen-bond acceptors (Lipinski definition) is 4. The molecule has 2 N–H and O–H groups in total. The number of hydrogen-bond donors (Lipinski definition) is 2. The van der Waals surface area contributed by atoms with E-state index in [1.165, 1.54) is 18.2 Å². The minimum atomic E-state index is -3.58. The van der Waals surface area contributed by atoms with E-state index >= 15 is 0 Å². The normalized spacial score (nSPS) is 13.8. The number of aliphatic hydroxyl groups excluding tert-OH is 1. The summed E-state index contributed by atoms with van der Waals surface area (Å²) in [7, 11) is 0.183. The fourth-order valence-corrected chi connectivity index (χ4v) is 2.77. The third-order valence-electron chi connectivity index (χ3n) is 2.96. The average molecular weight is 307 g/mol. The van der Waals surface area contributed by atoms with Gasteiger partial charge in [0, 0.05) is 17.6 Å². The lowest BCUT2D eigenvalue weighted by atomic mass is 10.2. The van der Waals surface area contributed by atoms with Gasteiger partial charge in [0.15, 0.2) is 0 Å². The van der Waals surface area contributed by atoms with E-state index in [1.54, 1.807) is 0 Å². The first-order valence-electron chi connectivity index (χ1n) is 5.83. The predicted octanol–water partition coefficient (Wildman–Crippen LogP) is 1.06. The summed E-state index contributed by atoms with van der Waals surface area (Å²) in [6.45, 7) is 2.02. The third-order valence-corrected chi connectivity index (χ3v) is 4.73. The molecule has 0 heterocycles. The second-order valence-corrected chi connectivity index (χ2v) is 6.75. The molecule has 0 saturated carbocycles. The third kappa shape index (κ3) is 4.43. The van der Waals surface area contributed by atoms with Crippen molar-refractivity contribution in [1.29, 1.82) is 0 Å². The Bertz CT molecular complexity index is 532. The number of nitrogens with zero attached hydrogens (tertiary/aromatic N) is 1. The Kier molecular flexibility index (Phi) is 5.76. The number of aliphatic hydroxyl groups is 1. The molecule has 0 fully saturated rings. The highest BCUT2D eigenvalue weighted by Crippen LogP contribution is 2.20. The highest BCUT2D eigenvalue weighted by molar-refractivity contribution is 7.89. The van der Waals surface area contributed by atoms with Gasteiger partial charge in [0.1, 0.15) is 0 Å². The predicted molar refractivity (Wildman–Crippen MR) is 75.7 cm³/mol. The molecule has 1 unspecified atom stereocenters. The van der Waals surface area contributed by atoms with Gasteiger partial charge in [0.25, 0.3) is 0 Å². The maximum Gasteiger partial charge on any atom is 0.240 e. The fraction of sp³-hybridized carbons (Fsp3) is 0.500. The Balaban J connectivity index is 2.86. The maximum atomic E-state index is 12.1. The zero-order chi connectivity index (χ0) is 14.6. The number of likely N-dealkylation sites (N-methyl/N-ethyl adjacent to an activating group) is 1. The van der Waals surface area contributed by atoms with Crippen LogP contribution < -0.4 is 4.72 Å². The molecule has 0 saturated heterocycles. The highest BCUT2D eigenvalue weighted by atomic mass is 35.5. The molecule has 0 radical (unpaired) electrons. The maximum absolute atomic E-state index is 12.1. The Morgan fingerprint density at radius 2 is 2.05 bits per heavy atom. The first-order valence-corrected chi connectivity index (χ1v) is 7.69. The van der Waals surface area contributed by atoms with Crippen molar-refractivity contribution < 1.29 is 13.5 Å². The molecule has 0 amide bonds. The second-order valence-electron chi connectivity index (χ2n) is 4.58. The van der Waals surface area contributed by atoms with Crippen LogP contribution in [0.2, 0.25) is 5.02 Å². The minimum absolute atomic E-state index is 0.0851. The molecule has 0 bridgehead atoms. The molecule has 0 aliphatic heterocycles. The Labute approximate surface area is 119 Å². The largest absolute Gasteiger partial charge is 0.392 e. The summed E-state index contributed by atoms with van der Waals surface area (Å²) < 4.78 is 26.7. The van der Waals surface area contributed by atoms with Crippen molar-refractivity contribution in [3.05, 3.63) is 28.8 Å². The van der Waals surface area contributed by atoms with Gasteiger partial charge in [-0.3, -0.25) is 0 Å². The summed E-state index contributed by atoms with van der Waals surface area (Å²) in [4.78, 5) is 2.02. The average Bonchev–Trinajstić information content (AvgIpc) is 2.35. The molecule has 5 nitrogen and oxygen atoms in total. The van der Waals surface area contributed by atoms with E-state index < -0.39 is 10.0 Å². The molecule has 1 aromatic carbocycles. The summed E-state index contributed by atoms with van der Waals surface area (Å²) >= 11 is 5.89. The van der Waals surface area contributed by atoms with Crippen LogP contribution in [0.25, 0.3) is 0 Å². The molecule has 0 aromatic heterocycles. The molecule has 108 valence electrons. The van der Waals surface area contributed by atoms with Crippen LogP contribution >= 0.6 is 11.6 Å². The van der Waals surface area contributed by atoms with Gasteiger partial charge in [-0.05, 0) is 38.7 Å². The van der Waals surface area contributed by atoms with Crippen molar-refractivity contribution in [2.75, 3.05) is 20.6 Å². The standard InChI is InChI=1S/C12H19ClN2O3S/c1-9(15(2)3)7-14-19(17,18)11-5-4-10(8-16)12(13)6-11/h4-6,9,14,16H,7-8H2,1-3H3. The smallest absolute Gasteiger partial charge is 0.240 e. The van der Waals surface area contributed by atoms with Crippen molar-refractivity contribution in [3.8, 4) is 0 Å². The zero-order valence-corrected chi connectivity index (χ0v) is 12.8. The van der Waals surface area contributed by atoms with E-state index in [9.17, 15) is 8.42 Å². The molecule has 1 aromatic rings. The van der Waals surface area contributed by atoms with E-state index in [0.717, 1.165) is 0 Å². The van der Waals surface area contributed by atoms with Gasteiger partial charge in [0.2, 0.25) is 10.0 Å². The van der Waals surface area contributed by atoms with Crippen LogP contribution in [0.15, 0.2) is 23.1 Å². The quantitative estimate of drug-likeness (QED) is 0.824. The number of sulfonamides is 1. The summed E-state index contributed by atoms with van der Waals surface area (Å²) in [5.74, 6) is 0. The van der Waals surface area contributed by atoms with Crippen LogP contribution in [0.3, 0.4) is 0 Å². The molecular weight excluding hydrogens is 288 g/mol. The summed E-state index contributed by atoms with van der Waals surface area (Å²) in [5.41, 5.74) is 0.502. The van der Waals surface area contributed by atoms with E-state index in [4.69, 9.17) is 16.7 Å². The monoisotopic (exact) mass is 306 g/mol. The van der Waals surface area contributed by atoms with Crippen molar-refractivity contribution in [2.24, 2.45) is 0 Å². The van der Waals surface area contributed by atoms with Crippen LogP contribution in [0, 0.1) is 0 Å². The highest BCUT2D eigenvalue weighted by Gasteiger charge is 2.17. The summed E-state index contributed by atoms with van der Waals surface area (Å²) in [6.07, 6.45) is 0. The van der Waals surface area contributed by atoms with Crippen molar-refractivity contribution in [3.63, 3.8) is 0 Å². The molecule has 1 atom stereocenters. The topological polar surface area (TPSA) is 69.6 Å².